The Bertz CT molecular complexity index is 438. The Kier molecular flexibility index (Phi) is 9.41. The van der Waals surface area contributed by atoms with E-state index in [1.165, 1.54) is 25.7 Å². The van der Waals surface area contributed by atoms with Crippen molar-refractivity contribution >= 4 is 0 Å². The van der Waals surface area contributed by atoms with Gasteiger partial charge in [0, 0.05) is 0 Å². The van der Waals surface area contributed by atoms with E-state index in [-0.39, 0.29) is 51.0 Å². The third-order valence-electron chi connectivity index (χ3n) is 4.29. The summed E-state index contributed by atoms with van der Waals surface area (Å²) in [5.41, 5.74) is 6.34. The Morgan fingerprint density at radius 3 is 1.48 bits per heavy atom. The fraction of sp³-hybridized carbons (Fsp3) is 0.444. The first-order valence-corrected chi connectivity index (χ1v) is 7.19. The fourth-order valence-electron chi connectivity index (χ4n) is 3.43. The summed E-state index contributed by atoms with van der Waals surface area (Å²) in [6.45, 7) is 4.64. The summed E-state index contributed by atoms with van der Waals surface area (Å²) in [6, 6.07) is 13.3. The van der Waals surface area contributed by atoms with Crippen LogP contribution in [0.1, 0.15) is 36.1 Å². The van der Waals surface area contributed by atoms with Crippen LogP contribution < -0.4 is 24.8 Å². The molecule has 2 aliphatic rings. The molecule has 0 amide bonds. The second-order valence-corrected chi connectivity index (χ2v) is 6.18. The molecule has 3 heteroatoms. The van der Waals surface area contributed by atoms with Gasteiger partial charge in [-0.1, -0.05) is 26.7 Å². The summed E-state index contributed by atoms with van der Waals surface area (Å²) in [5.74, 6) is 1.80. The number of hydrogen-bond donors (Lipinski definition) is 0. The Morgan fingerprint density at radius 1 is 0.762 bits per heavy atom. The van der Waals surface area contributed by atoms with Gasteiger partial charge in [0.25, 0.3) is 0 Å². The topological polar surface area (TPSA) is 0 Å². The maximum absolute atomic E-state index is 2.32. The van der Waals surface area contributed by atoms with E-state index in [1.807, 2.05) is 0 Å². The maximum atomic E-state index is 2.32. The molecule has 2 aromatic rings. The van der Waals surface area contributed by atoms with E-state index in [4.69, 9.17) is 0 Å². The van der Waals surface area contributed by atoms with Crippen molar-refractivity contribution in [1.29, 1.82) is 0 Å². The summed E-state index contributed by atoms with van der Waals surface area (Å²) >= 11 is 0. The minimum Gasteiger partial charge on any atom is -1.00 e. The molecule has 2 aliphatic carbocycles. The van der Waals surface area contributed by atoms with Crippen molar-refractivity contribution in [3.8, 4) is 0 Å². The molecule has 0 aliphatic heterocycles. The predicted molar refractivity (Wildman–Crippen MR) is 77.2 cm³/mol. The molecule has 0 radical (unpaired) electrons. The molecule has 0 aromatic heterocycles. The van der Waals surface area contributed by atoms with Crippen LogP contribution in [-0.2, 0) is 51.9 Å². The van der Waals surface area contributed by atoms with Gasteiger partial charge in [0.1, 0.15) is 0 Å². The molecule has 4 rings (SSSR count). The van der Waals surface area contributed by atoms with Gasteiger partial charge in [0.05, 0.1) is 0 Å². The average Bonchev–Trinajstić information content (AvgIpc) is 2.97. The SMILES string of the molecule is CC1Cc2cc[cH-]c2C1.CC1Cc2cc[cH-]c2C1.[Cl-].[Cl-].[Zr+4]. The smallest absolute Gasteiger partial charge is 1.00 e. The molecular weight excluding hydrogens is 378 g/mol. The molecule has 0 saturated heterocycles. The van der Waals surface area contributed by atoms with Gasteiger partial charge in [-0.05, 0) is 24.7 Å². The van der Waals surface area contributed by atoms with Gasteiger partial charge in [0.2, 0.25) is 0 Å². The van der Waals surface area contributed by atoms with Gasteiger partial charge >= 0.3 is 26.2 Å². The number of halogens is 2. The van der Waals surface area contributed by atoms with Crippen molar-refractivity contribution in [2.75, 3.05) is 0 Å². The van der Waals surface area contributed by atoms with Crippen LogP contribution in [0, 0.1) is 11.8 Å². The minimum absolute atomic E-state index is 0. The summed E-state index contributed by atoms with van der Waals surface area (Å²) < 4.78 is 0. The normalized spacial score (nSPS) is 20.9. The number of rotatable bonds is 0. The van der Waals surface area contributed by atoms with Gasteiger partial charge in [0.15, 0.2) is 0 Å². The molecule has 2 aromatic carbocycles. The molecule has 0 bridgehead atoms. The summed E-state index contributed by atoms with van der Waals surface area (Å²) in [5, 5.41) is 0. The van der Waals surface area contributed by atoms with Crippen LogP contribution in [0.4, 0.5) is 0 Å². The van der Waals surface area contributed by atoms with Crippen LogP contribution in [0.3, 0.4) is 0 Å². The fourth-order valence-corrected chi connectivity index (χ4v) is 3.43. The zero-order valence-electron chi connectivity index (χ0n) is 12.7. The second kappa shape index (κ2) is 9.34. The van der Waals surface area contributed by atoms with Crippen LogP contribution in [0.15, 0.2) is 36.4 Å². The first-order chi connectivity index (χ1) is 8.72. The number of fused-ring (bicyclic) bond motifs is 2. The minimum atomic E-state index is 0. The zero-order valence-corrected chi connectivity index (χ0v) is 16.7. The van der Waals surface area contributed by atoms with E-state index in [1.54, 1.807) is 22.3 Å². The van der Waals surface area contributed by atoms with Crippen molar-refractivity contribution in [2.45, 2.75) is 39.5 Å². The average molecular weight is 401 g/mol. The van der Waals surface area contributed by atoms with E-state index < -0.39 is 0 Å². The summed E-state index contributed by atoms with van der Waals surface area (Å²) in [7, 11) is 0. The van der Waals surface area contributed by atoms with Crippen LogP contribution in [0.5, 0.6) is 0 Å². The summed E-state index contributed by atoms with van der Waals surface area (Å²) in [6.07, 6.45) is 5.23. The zero-order chi connectivity index (χ0) is 12.5. The van der Waals surface area contributed by atoms with E-state index in [9.17, 15) is 0 Å². The van der Waals surface area contributed by atoms with E-state index >= 15 is 0 Å². The van der Waals surface area contributed by atoms with Crippen molar-refractivity contribution in [2.24, 2.45) is 11.8 Å². The molecule has 0 spiro atoms. The molecule has 0 saturated carbocycles. The quantitative estimate of drug-likeness (QED) is 0.462. The van der Waals surface area contributed by atoms with Crippen molar-refractivity contribution in [3.05, 3.63) is 58.7 Å². The largest absolute Gasteiger partial charge is 4.00 e. The standard InChI is InChI=1S/2C9H11.2ClH.Zr/c2*1-7-5-8-3-2-4-9(8)6-7;;;/h2*2-4,7H,5-6H2,1H3;2*1H;/q2*-1;;;+4/p-2. The van der Waals surface area contributed by atoms with E-state index in [2.05, 4.69) is 50.2 Å². The van der Waals surface area contributed by atoms with Gasteiger partial charge in [-0.15, -0.1) is 0 Å². The van der Waals surface area contributed by atoms with Gasteiger partial charge in [-0.25, -0.2) is 12.1 Å². The molecule has 0 N–H and O–H groups in total. The molecule has 0 heterocycles. The summed E-state index contributed by atoms with van der Waals surface area (Å²) in [4.78, 5) is 0. The van der Waals surface area contributed by atoms with Crippen LogP contribution in [0.2, 0.25) is 0 Å². The van der Waals surface area contributed by atoms with Crippen LogP contribution in [-0.4, -0.2) is 0 Å². The predicted octanol–water partition coefficient (Wildman–Crippen LogP) is -1.71. The Balaban J connectivity index is 0.000000333. The molecule has 21 heavy (non-hydrogen) atoms. The third kappa shape index (κ3) is 5.09. The third-order valence-corrected chi connectivity index (χ3v) is 4.29. The Morgan fingerprint density at radius 2 is 1.14 bits per heavy atom. The van der Waals surface area contributed by atoms with E-state index in [0.29, 0.717) is 0 Å². The molecule has 112 valence electrons. The van der Waals surface area contributed by atoms with Gasteiger partial charge in [-0.3, -0.25) is 0 Å². The second-order valence-electron chi connectivity index (χ2n) is 6.18. The molecular formula is C18H22Cl2Zr. The molecule has 0 nitrogen and oxygen atoms in total. The monoisotopic (exact) mass is 398 g/mol. The van der Waals surface area contributed by atoms with Gasteiger partial charge < -0.3 is 24.8 Å². The molecule has 0 atom stereocenters. The van der Waals surface area contributed by atoms with Crippen molar-refractivity contribution in [1.82, 2.24) is 0 Å². The Labute approximate surface area is 160 Å². The first kappa shape index (κ1) is 21.2. The Hall–Kier alpha value is 0.163. The number of hydrogen-bond acceptors (Lipinski definition) is 0. The van der Waals surface area contributed by atoms with E-state index in [0.717, 1.165) is 11.8 Å². The van der Waals surface area contributed by atoms with Crippen LogP contribution in [0.25, 0.3) is 0 Å². The maximum Gasteiger partial charge on any atom is 4.00 e. The molecule has 0 unspecified atom stereocenters. The van der Waals surface area contributed by atoms with Crippen LogP contribution >= 0.6 is 0 Å². The molecule has 0 fully saturated rings. The van der Waals surface area contributed by atoms with Crippen molar-refractivity contribution in [3.63, 3.8) is 0 Å². The van der Waals surface area contributed by atoms with Crippen molar-refractivity contribution < 1.29 is 51.0 Å². The van der Waals surface area contributed by atoms with Gasteiger partial charge in [-0.2, -0.15) is 46.5 Å². The first-order valence-electron chi connectivity index (χ1n) is 7.19.